The highest BCUT2D eigenvalue weighted by Crippen LogP contribution is 2.12. The van der Waals surface area contributed by atoms with E-state index in [1.807, 2.05) is 11.1 Å². The zero-order valence-corrected chi connectivity index (χ0v) is 8.35. The summed E-state index contributed by atoms with van der Waals surface area (Å²) in [7, 11) is 0. The second-order valence-corrected chi connectivity index (χ2v) is 3.56. The van der Waals surface area contributed by atoms with Gasteiger partial charge < -0.3 is 5.11 Å². The first-order chi connectivity index (χ1) is 7.25. The lowest BCUT2D eigenvalue weighted by Crippen LogP contribution is -2.17. The number of carbonyl (C=O) groups is 1. The average Bonchev–Trinajstić information content (AvgIpc) is 2.71. The smallest absolute Gasteiger partial charge is 0.335 e. The first kappa shape index (κ1) is 10.1. The SMILES string of the molecule is O=C(O)c1cccc(CN2CCCO2)c1. The highest BCUT2D eigenvalue weighted by Gasteiger charge is 2.13. The van der Waals surface area contributed by atoms with Crippen LogP contribution >= 0.6 is 0 Å². The topological polar surface area (TPSA) is 49.8 Å². The minimum Gasteiger partial charge on any atom is -0.478 e. The molecule has 4 heteroatoms. The van der Waals surface area contributed by atoms with Crippen LogP contribution < -0.4 is 0 Å². The summed E-state index contributed by atoms with van der Waals surface area (Å²) in [4.78, 5) is 16.1. The monoisotopic (exact) mass is 207 g/mol. The molecule has 0 spiro atoms. The van der Waals surface area contributed by atoms with Crippen LogP contribution in [-0.2, 0) is 11.4 Å². The van der Waals surface area contributed by atoms with Crippen molar-refractivity contribution >= 4 is 5.97 Å². The highest BCUT2D eigenvalue weighted by atomic mass is 16.7. The lowest BCUT2D eigenvalue weighted by molar-refractivity contribution is -0.117. The Morgan fingerprint density at radius 2 is 2.40 bits per heavy atom. The summed E-state index contributed by atoms with van der Waals surface area (Å²) < 4.78 is 0. The molecule has 1 saturated heterocycles. The van der Waals surface area contributed by atoms with E-state index in [0.29, 0.717) is 12.1 Å². The molecular weight excluding hydrogens is 194 g/mol. The van der Waals surface area contributed by atoms with Gasteiger partial charge in [0, 0.05) is 13.1 Å². The maximum atomic E-state index is 10.7. The molecule has 1 fully saturated rings. The van der Waals surface area contributed by atoms with Gasteiger partial charge >= 0.3 is 5.97 Å². The summed E-state index contributed by atoms with van der Waals surface area (Å²) >= 11 is 0. The lowest BCUT2D eigenvalue weighted by Gasteiger charge is -2.13. The molecular formula is C11H13NO3. The molecule has 15 heavy (non-hydrogen) atoms. The zero-order valence-electron chi connectivity index (χ0n) is 8.35. The molecule has 80 valence electrons. The van der Waals surface area contributed by atoms with Gasteiger partial charge in [-0.1, -0.05) is 12.1 Å². The molecule has 0 aliphatic carbocycles. The summed E-state index contributed by atoms with van der Waals surface area (Å²) in [6.45, 7) is 2.33. The fourth-order valence-electron chi connectivity index (χ4n) is 1.63. The van der Waals surface area contributed by atoms with Crippen molar-refractivity contribution in [3.63, 3.8) is 0 Å². The van der Waals surface area contributed by atoms with E-state index in [4.69, 9.17) is 9.94 Å². The summed E-state index contributed by atoms with van der Waals surface area (Å²) in [6.07, 6.45) is 1.04. The van der Waals surface area contributed by atoms with E-state index >= 15 is 0 Å². The molecule has 1 heterocycles. The number of hydrogen-bond donors (Lipinski definition) is 1. The first-order valence-electron chi connectivity index (χ1n) is 4.96. The van der Waals surface area contributed by atoms with E-state index in [-0.39, 0.29) is 0 Å². The Hall–Kier alpha value is -1.39. The van der Waals surface area contributed by atoms with Crippen LogP contribution in [0.5, 0.6) is 0 Å². The molecule has 0 saturated carbocycles. The van der Waals surface area contributed by atoms with Crippen molar-refractivity contribution in [3.05, 3.63) is 35.4 Å². The molecule has 0 aromatic heterocycles. The standard InChI is InChI=1S/C11H13NO3/c13-11(14)10-4-1-3-9(7-10)8-12-5-2-6-15-12/h1,3-4,7H,2,5-6,8H2,(H,13,14). The van der Waals surface area contributed by atoms with Crippen LogP contribution in [-0.4, -0.2) is 29.3 Å². The fourth-order valence-corrected chi connectivity index (χ4v) is 1.63. The largest absolute Gasteiger partial charge is 0.478 e. The van der Waals surface area contributed by atoms with Crippen LogP contribution in [0.1, 0.15) is 22.3 Å². The summed E-state index contributed by atoms with van der Waals surface area (Å²) in [5.74, 6) is -0.890. The number of benzene rings is 1. The molecule has 1 aromatic rings. The number of hydrogen-bond acceptors (Lipinski definition) is 3. The third kappa shape index (κ3) is 2.55. The van der Waals surface area contributed by atoms with Gasteiger partial charge in [0.15, 0.2) is 0 Å². The molecule has 2 rings (SSSR count). The predicted molar refractivity (Wildman–Crippen MR) is 54.4 cm³/mol. The molecule has 1 aromatic carbocycles. The lowest BCUT2D eigenvalue weighted by atomic mass is 10.1. The van der Waals surface area contributed by atoms with Gasteiger partial charge in [0.25, 0.3) is 0 Å². The number of carboxylic acid groups (broad SMARTS) is 1. The van der Waals surface area contributed by atoms with Crippen LogP contribution in [0.25, 0.3) is 0 Å². The van der Waals surface area contributed by atoms with Crippen molar-refractivity contribution < 1.29 is 14.7 Å². The number of carboxylic acids is 1. The van der Waals surface area contributed by atoms with Crippen LogP contribution in [0, 0.1) is 0 Å². The first-order valence-corrected chi connectivity index (χ1v) is 4.96. The highest BCUT2D eigenvalue weighted by molar-refractivity contribution is 5.87. The predicted octanol–water partition coefficient (Wildman–Crippen LogP) is 1.52. The van der Waals surface area contributed by atoms with Crippen LogP contribution in [0.15, 0.2) is 24.3 Å². The van der Waals surface area contributed by atoms with Crippen molar-refractivity contribution in [2.24, 2.45) is 0 Å². The van der Waals surface area contributed by atoms with Gasteiger partial charge in [-0.3, -0.25) is 4.84 Å². The van der Waals surface area contributed by atoms with Gasteiger partial charge in [0.1, 0.15) is 0 Å². The number of nitrogens with zero attached hydrogens (tertiary/aromatic N) is 1. The van der Waals surface area contributed by atoms with Crippen LogP contribution in [0.2, 0.25) is 0 Å². The number of rotatable bonds is 3. The summed E-state index contributed by atoms with van der Waals surface area (Å²) in [5.41, 5.74) is 1.29. The molecule has 1 aliphatic rings. The average molecular weight is 207 g/mol. The van der Waals surface area contributed by atoms with E-state index in [1.54, 1.807) is 18.2 Å². The van der Waals surface area contributed by atoms with Crippen molar-refractivity contribution in [1.29, 1.82) is 0 Å². The maximum Gasteiger partial charge on any atom is 0.335 e. The summed E-state index contributed by atoms with van der Waals surface area (Å²) in [6, 6.07) is 6.95. The summed E-state index contributed by atoms with van der Waals surface area (Å²) in [5, 5.41) is 10.7. The van der Waals surface area contributed by atoms with Crippen molar-refractivity contribution in [3.8, 4) is 0 Å². The molecule has 0 amide bonds. The molecule has 1 N–H and O–H groups in total. The molecule has 0 unspecified atom stereocenters. The fraction of sp³-hybridized carbons (Fsp3) is 0.364. The van der Waals surface area contributed by atoms with Gasteiger partial charge in [0.05, 0.1) is 12.2 Å². The van der Waals surface area contributed by atoms with Crippen molar-refractivity contribution in [2.45, 2.75) is 13.0 Å². The third-order valence-corrected chi connectivity index (χ3v) is 2.36. The molecule has 1 aliphatic heterocycles. The Labute approximate surface area is 88.0 Å². The molecule has 0 radical (unpaired) electrons. The van der Waals surface area contributed by atoms with E-state index in [2.05, 4.69) is 0 Å². The Morgan fingerprint density at radius 1 is 1.53 bits per heavy atom. The van der Waals surface area contributed by atoms with Gasteiger partial charge in [0.2, 0.25) is 0 Å². The van der Waals surface area contributed by atoms with E-state index in [1.165, 1.54) is 0 Å². The number of aromatic carboxylic acids is 1. The normalized spacial score (nSPS) is 16.8. The van der Waals surface area contributed by atoms with Crippen LogP contribution in [0.3, 0.4) is 0 Å². The maximum absolute atomic E-state index is 10.7. The third-order valence-electron chi connectivity index (χ3n) is 2.36. The van der Waals surface area contributed by atoms with Crippen molar-refractivity contribution in [2.75, 3.05) is 13.2 Å². The van der Waals surface area contributed by atoms with Gasteiger partial charge in [-0.15, -0.1) is 0 Å². The minimum atomic E-state index is -0.890. The van der Waals surface area contributed by atoms with E-state index in [0.717, 1.165) is 25.1 Å². The zero-order chi connectivity index (χ0) is 10.7. The minimum absolute atomic E-state index is 0.326. The second kappa shape index (κ2) is 4.42. The van der Waals surface area contributed by atoms with Crippen LogP contribution in [0.4, 0.5) is 0 Å². The molecule has 0 bridgehead atoms. The van der Waals surface area contributed by atoms with E-state index in [9.17, 15) is 4.79 Å². The Kier molecular flexibility index (Phi) is 2.99. The van der Waals surface area contributed by atoms with E-state index < -0.39 is 5.97 Å². The molecule has 0 atom stereocenters. The Bertz CT molecular complexity index is 359. The number of hydroxylamine groups is 2. The second-order valence-electron chi connectivity index (χ2n) is 3.56. The Balaban J connectivity index is 2.07. The Morgan fingerprint density at radius 3 is 3.07 bits per heavy atom. The molecule has 4 nitrogen and oxygen atoms in total. The quantitative estimate of drug-likeness (QED) is 0.816. The van der Waals surface area contributed by atoms with Gasteiger partial charge in [-0.05, 0) is 24.1 Å². The van der Waals surface area contributed by atoms with Gasteiger partial charge in [-0.2, -0.15) is 5.06 Å². The van der Waals surface area contributed by atoms with Crippen molar-refractivity contribution in [1.82, 2.24) is 5.06 Å². The van der Waals surface area contributed by atoms with Gasteiger partial charge in [-0.25, -0.2) is 4.79 Å².